The molecule has 0 aliphatic heterocycles. The molecule has 0 radical (unpaired) electrons. The van der Waals surface area contributed by atoms with Crippen molar-refractivity contribution in [1.82, 2.24) is 10.2 Å². The number of sulfonamides is 1. The minimum absolute atomic E-state index is 0.00241. The largest absolute Gasteiger partial charge is 0.416 e. The SMILES string of the molecule is CC[C@@H](C)NC(=O)[C@@H](Cc1ccccc1)N(Cc1ccccc1F)C(=O)CN(c1cccc(C(F)(F)F)c1)S(=O)(=O)c1ccc(C)cc1. The lowest BCUT2D eigenvalue weighted by atomic mass is 10.0. The topological polar surface area (TPSA) is 86.8 Å². The summed E-state index contributed by atoms with van der Waals surface area (Å²) in [5.74, 6) is -2.13. The van der Waals surface area contributed by atoms with E-state index in [1.807, 2.05) is 6.92 Å². The fourth-order valence-corrected chi connectivity index (χ4v) is 6.41. The first-order chi connectivity index (χ1) is 22.7. The maximum Gasteiger partial charge on any atom is 0.416 e. The summed E-state index contributed by atoms with van der Waals surface area (Å²) < 4.78 is 85.2. The standard InChI is InChI=1S/C36H37F4N3O4S/c1-4-26(3)41-35(45)33(21-27-11-6-5-7-12-27)42(23-28-13-8-9-16-32(28)37)34(44)24-43(30-15-10-14-29(22-30)36(38,39)40)48(46,47)31-19-17-25(2)18-20-31/h5-20,22,26,33H,4,21,23-24H2,1-3H3,(H,41,45)/t26-,33-/m1/s1. The highest BCUT2D eigenvalue weighted by molar-refractivity contribution is 7.92. The molecule has 2 atom stereocenters. The van der Waals surface area contributed by atoms with Gasteiger partial charge >= 0.3 is 6.18 Å². The molecule has 0 aliphatic carbocycles. The molecule has 4 rings (SSSR count). The number of nitrogens with zero attached hydrogens (tertiary/aromatic N) is 2. The van der Waals surface area contributed by atoms with E-state index in [0.29, 0.717) is 22.4 Å². The van der Waals surface area contributed by atoms with E-state index in [2.05, 4.69) is 5.32 Å². The Morgan fingerprint density at radius 3 is 2.15 bits per heavy atom. The van der Waals surface area contributed by atoms with E-state index in [4.69, 9.17) is 0 Å². The lowest BCUT2D eigenvalue weighted by molar-refractivity contribution is -0.140. The first kappa shape index (κ1) is 36.1. The first-order valence-electron chi connectivity index (χ1n) is 15.3. The molecule has 0 saturated carbocycles. The monoisotopic (exact) mass is 683 g/mol. The van der Waals surface area contributed by atoms with Crippen molar-refractivity contribution in [2.45, 2.75) is 63.3 Å². The summed E-state index contributed by atoms with van der Waals surface area (Å²) >= 11 is 0. The molecular weight excluding hydrogens is 646 g/mol. The van der Waals surface area contributed by atoms with E-state index in [0.717, 1.165) is 28.7 Å². The predicted molar refractivity (Wildman–Crippen MR) is 176 cm³/mol. The minimum Gasteiger partial charge on any atom is -0.352 e. The van der Waals surface area contributed by atoms with Crippen molar-refractivity contribution < 1.29 is 35.6 Å². The van der Waals surface area contributed by atoms with Crippen LogP contribution in [0.4, 0.5) is 23.2 Å². The number of hydrogen-bond donors (Lipinski definition) is 1. The number of hydrogen-bond acceptors (Lipinski definition) is 4. The predicted octanol–water partition coefficient (Wildman–Crippen LogP) is 6.90. The number of anilines is 1. The third-order valence-electron chi connectivity index (χ3n) is 7.92. The number of nitrogens with one attached hydrogen (secondary N) is 1. The fraction of sp³-hybridized carbons (Fsp3) is 0.278. The van der Waals surface area contributed by atoms with Crippen molar-refractivity contribution in [3.05, 3.63) is 131 Å². The van der Waals surface area contributed by atoms with Crippen LogP contribution in [-0.4, -0.2) is 43.8 Å². The number of carbonyl (C=O) groups is 2. The summed E-state index contributed by atoms with van der Waals surface area (Å²) in [6.45, 7) is 3.99. The van der Waals surface area contributed by atoms with Gasteiger partial charge in [-0.25, -0.2) is 12.8 Å². The molecule has 48 heavy (non-hydrogen) atoms. The van der Waals surface area contributed by atoms with Gasteiger partial charge in [0.25, 0.3) is 10.0 Å². The van der Waals surface area contributed by atoms with Gasteiger partial charge in [-0.3, -0.25) is 13.9 Å². The smallest absolute Gasteiger partial charge is 0.352 e. The van der Waals surface area contributed by atoms with Gasteiger partial charge in [-0.1, -0.05) is 79.2 Å². The molecule has 0 aromatic heterocycles. The maximum atomic E-state index is 15.0. The minimum atomic E-state index is -4.80. The zero-order valence-electron chi connectivity index (χ0n) is 26.7. The summed E-state index contributed by atoms with van der Waals surface area (Å²) in [4.78, 5) is 29.1. The van der Waals surface area contributed by atoms with Crippen molar-refractivity contribution in [3.63, 3.8) is 0 Å². The number of carbonyl (C=O) groups excluding carboxylic acids is 2. The highest BCUT2D eigenvalue weighted by Gasteiger charge is 2.37. The number of amides is 2. The van der Waals surface area contributed by atoms with Crippen LogP contribution in [0.2, 0.25) is 0 Å². The molecule has 0 bridgehead atoms. The van der Waals surface area contributed by atoms with Gasteiger partial charge in [0.15, 0.2) is 0 Å². The van der Waals surface area contributed by atoms with Crippen LogP contribution in [0.1, 0.15) is 42.5 Å². The number of rotatable bonds is 13. The second kappa shape index (κ2) is 15.5. The fourth-order valence-electron chi connectivity index (χ4n) is 5.01. The van der Waals surface area contributed by atoms with Crippen LogP contribution in [0.25, 0.3) is 0 Å². The molecule has 1 N–H and O–H groups in total. The number of benzene rings is 4. The zero-order valence-corrected chi connectivity index (χ0v) is 27.6. The van der Waals surface area contributed by atoms with Crippen LogP contribution in [0, 0.1) is 12.7 Å². The molecule has 7 nitrogen and oxygen atoms in total. The Labute approximate surface area is 278 Å². The third-order valence-corrected chi connectivity index (χ3v) is 9.71. The van der Waals surface area contributed by atoms with Crippen LogP contribution in [0.3, 0.4) is 0 Å². The van der Waals surface area contributed by atoms with Crippen LogP contribution in [0.5, 0.6) is 0 Å². The van der Waals surface area contributed by atoms with E-state index < -0.39 is 64.2 Å². The van der Waals surface area contributed by atoms with Gasteiger partial charge in [0.05, 0.1) is 16.1 Å². The molecule has 12 heteroatoms. The van der Waals surface area contributed by atoms with Gasteiger partial charge in [-0.05, 0) is 62.2 Å². The Balaban J connectivity index is 1.86. The molecule has 0 heterocycles. The van der Waals surface area contributed by atoms with Gasteiger partial charge in [0.1, 0.15) is 18.4 Å². The van der Waals surface area contributed by atoms with E-state index in [1.54, 1.807) is 50.2 Å². The first-order valence-corrected chi connectivity index (χ1v) is 16.8. The molecule has 4 aromatic carbocycles. The van der Waals surface area contributed by atoms with Crippen molar-refractivity contribution in [2.24, 2.45) is 0 Å². The third kappa shape index (κ3) is 9.00. The summed E-state index contributed by atoms with van der Waals surface area (Å²) in [5, 5.41) is 2.87. The molecule has 0 saturated heterocycles. The maximum absolute atomic E-state index is 15.0. The van der Waals surface area contributed by atoms with Gasteiger partial charge in [0.2, 0.25) is 11.8 Å². The summed E-state index contributed by atoms with van der Waals surface area (Å²) in [6, 6.07) is 22.2. The lowest BCUT2D eigenvalue weighted by Gasteiger charge is -2.34. The second-order valence-electron chi connectivity index (χ2n) is 11.5. The van der Waals surface area contributed by atoms with Crippen molar-refractivity contribution in [1.29, 1.82) is 0 Å². The molecule has 0 fully saturated rings. The van der Waals surface area contributed by atoms with Gasteiger partial charge < -0.3 is 10.2 Å². The summed E-state index contributed by atoms with van der Waals surface area (Å²) in [6.07, 6.45) is -4.23. The Bertz CT molecular complexity index is 1820. The Morgan fingerprint density at radius 2 is 1.52 bits per heavy atom. The molecule has 0 aliphatic rings. The van der Waals surface area contributed by atoms with Gasteiger partial charge in [-0.2, -0.15) is 13.2 Å². The highest BCUT2D eigenvalue weighted by Crippen LogP contribution is 2.33. The van der Waals surface area contributed by atoms with Gasteiger partial charge in [-0.15, -0.1) is 0 Å². The molecule has 2 amide bonds. The molecule has 4 aromatic rings. The van der Waals surface area contributed by atoms with Crippen molar-refractivity contribution in [2.75, 3.05) is 10.8 Å². The van der Waals surface area contributed by atoms with E-state index in [9.17, 15) is 31.2 Å². The second-order valence-corrected chi connectivity index (χ2v) is 13.4. The van der Waals surface area contributed by atoms with Crippen molar-refractivity contribution in [3.8, 4) is 0 Å². The highest BCUT2D eigenvalue weighted by atomic mass is 32.2. The molecule has 0 unspecified atom stereocenters. The Hall–Kier alpha value is -4.71. The average Bonchev–Trinajstić information content (AvgIpc) is 3.06. The molecule has 0 spiro atoms. The number of halogens is 4. The molecule has 254 valence electrons. The lowest BCUT2D eigenvalue weighted by Crippen LogP contribution is -2.54. The molecular formula is C36H37F4N3O4S. The van der Waals surface area contributed by atoms with Crippen LogP contribution in [0.15, 0.2) is 108 Å². The van der Waals surface area contributed by atoms with E-state index in [-0.39, 0.29) is 22.9 Å². The van der Waals surface area contributed by atoms with Crippen LogP contribution >= 0.6 is 0 Å². The van der Waals surface area contributed by atoms with Crippen molar-refractivity contribution >= 4 is 27.5 Å². The van der Waals surface area contributed by atoms with Crippen LogP contribution in [-0.2, 0) is 38.8 Å². The van der Waals surface area contributed by atoms with E-state index in [1.165, 1.54) is 42.5 Å². The number of aryl methyl sites for hydroxylation is 1. The average molecular weight is 684 g/mol. The van der Waals surface area contributed by atoms with Gasteiger partial charge in [0, 0.05) is 24.6 Å². The Kier molecular flexibility index (Phi) is 11.6. The van der Waals surface area contributed by atoms with Crippen LogP contribution < -0.4 is 9.62 Å². The number of alkyl halides is 3. The zero-order chi connectivity index (χ0) is 35.1. The van der Waals surface area contributed by atoms with E-state index >= 15 is 4.39 Å². The quantitative estimate of drug-likeness (QED) is 0.155. The Morgan fingerprint density at radius 1 is 0.875 bits per heavy atom. The normalized spacial score (nSPS) is 13.0. The summed E-state index contributed by atoms with van der Waals surface area (Å²) in [7, 11) is -4.63. The summed E-state index contributed by atoms with van der Waals surface area (Å²) in [5.41, 5.74) is -0.0481.